The van der Waals surface area contributed by atoms with Gasteiger partial charge in [-0.1, -0.05) is 5.21 Å². The first-order valence-corrected chi connectivity index (χ1v) is 5.11. The molecule has 0 unspecified atom stereocenters. The quantitative estimate of drug-likeness (QED) is 0.713. The monoisotopic (exact) mass is 263 g/mol. The van der Waals surface area contributed by atoms with Crippen molar-refractivity contribution in [3.8, 4) is 0 Å². The van der Waals surface area contributed by atoms with Crippen LogP contribution in [0.5, 0.6) is 0 Å². The molecular weight excluding hydrogens is 254 g/mol. The van der Waals surface area contributed by atoms with Crippen LogP contribution in [0.3, 0.4) is 0 Å². The van der Waals surface area contributed by atoms with E-state index in [9.17, 15) is 9.59 Å². The van der Waals surface area contributed by atoms with Crippen molar-refractivity contribution in [1.82, 2.24) is 35.5 Å². The Morgan fingerprint density at radius 1 is 1.32 bits per heavy atom. The van der Waals surface area contributed by atoms with E-state index in [1.54, 1.807) is 0 Å². The number of carboxylic acids is 1. The van der Waals surface area contributed by atoms with Crippen LogP contribution >= 0.6 is 0 Å². The van der Waals surface area contributed by atoms with Crippen LogP contribution in [-0.4, -0.2) is 59.5 Å². The largest absolute Gasteiger partial charge is 0.476 e. The van der Waals surface area contributed by atoms with Crippen LogP contribution in [0.25, 0.3) is 0 Å². The lowest BCUT2D eigenvalue weighted by molar-refractivity contribution is 0.0687. The fourth-order valence-corrected chi connectivity index (χ4v) is 1.28. The number of aromatic amines is 1. The number of hydrogen-bond acceptors (Lipinski definition) is 7. The van der Waals surface area contributed by atoms with Crippen LogP contribution in [-0.2, 0) is 6.54 Å². The highest BCUT2D eigenvalue weighted by Gasteiger charge is 2.16. The van der Waals surface area contributed by atoms with E-state index < -0.39 is 11.9 Å². The zero-order chi connectivity index (χ0) is 13.8. The maximum Gasteiger partial charge on any atom is 0.356 e. The van der Waals surface area contributed by atoms with E-state index in [0.29, 0.717) is 5.82 Å². The zero-order valence-corrected chi connectivity index (χ0v) is 9.81. The fraction of sp³-hybridized carbons (Fsp3) is 0.222. The fourth-order valence-electron chi connectivity index (χ4n) is 1.28. The van der Waals surface area contributed by atoms with Crippen molar-refractivity contribution in [3.05, 3.63) is 29.6 Å². The summed E-state index contributed by atoms with van der Waals surface area (Å²) in [5, 5.41) is 21.7. The predicted octanol–water partition coefficient (Wildman–Crippen LogP) is -1.04. The first-order chi connectivity index (χ1) is 9.08. The molecule has 2 heterocycles. The molecule has 0 aliphatic heterocycles. The van der Waals surface area contributed by atoms with E-state index in [-0.39, 0.29) is 17.9 Å². The molecule has 0 aliphatic rings. The van der Waals surface area contributed by atoms with E-state index in [0.717, 1.165) is 12.4 Å². The summed E-state index contributed by atoms with van der Waals surface area (Å²) in [7, 11) is 1.53. The number of rotatable bonds is 4. The summed E-state index contributed by atoms with van der Waals surface area (Å²) in [6.07, 6.45) is 2.14. The Kier molecular flexibility index (Phi) is 3.41. The number of carbonyl (C=O) groups is 2. The van der Waals surface area contributed by atoms with Crippen LogP contribution in [0.1, 0.15) is 26.8 Å². The number of H-pyrrole nitrogens is 1. The van der Waals surface area contributed by atoms with E-state index in [2.05, 4.69) is 30.6 Å². The van der Waals surface area contributed by atoms with Gasteiger partial charge in [-0.05, 0) is 0 Å². The predicted molar refractivity (Wildman–Crippen MR) is 59.0 cm³/mol. The number of tetrazole rings is 1. The Morgan fingerprint density at radius 2 is 2.00 bits per heavy atom. The minimum atomic E-state index is -1.20. The lowest BCUT2D eigenvalue weighted by Gasteiger charge is -2.13. The summed E-state index contributed by atoms with van der Waals surface area (Å²) in [4.78, 5) is 31.2. The van der Waals surface area contributed by atoms with Crippen LogP contribution in [0.2, 0.25) is 0 Å². The summed E-state index contributed by atoms with van der Waals surface area (Å²) in [5.41, 5.74) is -0.187. The molecule has 0 saturated heterocycles. The number of amides is 1. The van der Waals surface area contributed by atoms with Gasteiger partial charge in [-0.3, -0.25) is 4.79 Å². The van der Waals surface area contributed by atoms with Gasteiger partial charge in [-0.15, -0.1) is 10.2 Å². The van der Waals surface area contributed by atoms with Crippen molar-refractivity contribution in [3.63, 3.8) is 0 Å². The Bertz CT molecular complexity index is 580. The maximum absolute atomic E-state index is 11.9. The highest BCUT2D eigenvalue weighted by atomic mass is 16.4. The third kappa shape index (κ3) is 2.86. The van der Waals surface area contributed by atoms with E-state index in [4.69, 9.17) is 5.11 Å². The van der Waals surface area contributed by atoms with E-state index in [1.165, 1.54) is 11.9 Å². The topological polar surface area (TPSA) is 138 Å². The van der Waals surface area contributed by atoms with Crippen LogP contribution < -0.4 is 0 Å². The number of nitrogens with one attached hydrogen (secondary N) is 1. The van der Waals surface area contributed by atoms with Gasteiger partial charge in [0.2, 0.25) is 0 Å². The number of nitrogens with zero attached hydrogens (tertiary/aromatic N) is 6. The Hall–Kier alpha value is -2.91. The first-order valence-electron chi connectivity index (χ1n) is 5.11. The highest BCUT2D eigenvalue weighted by Crippen LogP contribution is 2.02. The number of aromatic carboxylic acids is 1. The van der Waals surface area contributed by atoms with Crippen LogP contribution in [0.15, 0.2) is 12.4 Å². The van der Waals surface area contributed by atoms with Gasteiger partial charge in [-0.2, -0.15) is 5.21 Å². The lowest BCUT2D eigenvalue weighted by atomic mass is 10.3. The summed E-state index contributed by atoms with van der Waals surface area (Å²) < 4.78 is 0. The van der Waals surface area contributed by atoms with Crippen molar-refractivity contribution in [2.75, 3.05) is 7.05 Å². The van der Waals surface area contributed by atoms with Gasteiger partial charge in [0.25, 0.3) is 5.91 Å². The molecule has 10 nitrogen and oxygen atoms in total. The van der Waals surface area contributed by atoms with Crippen molar-refractivity contribution in [2.24, 2.45) is 0 Å². The Labute approximate surface area is 106 Å². The summed E-state index contributed by atoms with van der Waals surface area (Å²) in [6.45, 7) is 0.150. The molecular formula is C9H9N7O3. The Balaban J connectivity index is 2.08. The van der Waals surface area contributed by atoms with Gasteiger partial charge >= 0.3 is 5.97 Å². The molecule has 0 aliphatic carbocycles. The molecule has 0 radical (unpaired) electrons. The number of aromatic nitrogens is 6. The molecule has 0 bridgehead atoms. The van der Waals surface area contributed by atoms with Crippen molar-refractivity contribution >= 4 is 11.9 Å². The minimum Gasteiger partial charge on any atom is -0.476 e. The van der Waals surface area contributed by atoms with E-state index in [1.807, 2.05) is 0 Å². The minimum absolute atomic E-state index is 0.0380. The van der Waals surface area contributed by atoms with Crippen molar-refractivity contribution in [1.29, 1.82) is 0 Å². The second-order valence-corrected chi connectivity index (χ2v) is 3.58. The van der Waals surface area contributed by atoms with Gasteiger partial charge in [0.1, 0.15) is 5.69 Å². The average molecular weight is 263 g/mol. The summed E-state index contributed by atoms with van der Waals surface area (Å²) >= 11 is 0. The molecule has 98 valence electrons. The molecule has 1 amide bonds. The third-order valence-electron chi connectivity index (χ3n) is 2.20. The molecule has 19 heavy (non-hydrogen) atoms. The lowest BCUT2D eigenvalue weighted by Crippen LogP contribution is -2.27. The normalized spacial score (nSPS) is 10.2. The first kappa shape index (κ1) is 12.5. The molecule has 0 fully saturated rings. The molecule has 10 heteroatoms. The molecule has 0 spiro atoms. The zero-order valence-electron chi connectivity index (χ0n) is 9.81. The smallest absolute Gasteiger partial charge is 0.356 e. The second-order valence-electron chi connectivity index (χ2n) is 3.58. The molecule has 0 saturated carbocycles. The van der Waals surface area contributed by atoms with Gasteiger partial charge in [-0.25, -0.2) is 14.8 Å². The van der Waals surface area contributed by atoms with Gasteiger partial charge in [0, 0.05) is 7.05 Å². The summed E-state index contributed by atoms with van der Waals surface area (Å²) in [6, 6.07) is 0. The maximum atomic E-state index is 11.9. The van der Waals surface area contributed by atoms with Crippen LogP contribution in [0, 0.1) is 0 Å². The van der Waals surface area contributed by atoms with Gasteiger partial charge in [0.05, 0.1) is 18.9 Å². The van der Waals surface area contributed by atoms with Gasteiger partial charge < -0.3 is 10.0 Å². The number of carbonyl (C=O) groups excluding carboxylic acids is 1. The summed E-state index contributed by atoms with van der Waals surface area (Å²) in [5.74, 6) is -1.27. The second kappa shape index (κ2) is 5.16. The highest BCUT2D eigenvalue weighted by molar-refractivity contribution is 5.92. The standard InChI is InChI=1S/C9H9N7O3/c1-16(4-7-12-14-15-13-7)8(17)5-2-11-6(3-10-5)9(18)19/h2-3H,4H2,1H3,(H,18,19)(H,12,13,14,15). The van der Waals surface area contributed by atoms with Crippen molar-refractivity contribution < 1.29 is 14.7 Å². The third-order valence-corrected chi connectivity index (χ3v) is 2.20. The molecule has 2 aromatic heterocycles. The van der Waals surface area contributed by atoms with E-state index >= 15 is 0 Å². The van der Waals surface area contributed by atoms with Crippen molar-refractivity contribution in [2.45, 2.75) is 6.54 Å². The molecule has 2 N–H and O–H groups in total. The number of hydrogen-bond donors (Lipinski definition) is 2. The average Bonchev–Trinajstić information content (AvgIpc) is 2.90. The SMILES string of the molecule is CN(Cc1nn[nH]n1)C(=O)c1cnc(C(=O)O)cn1. The molecule has 0 aromatic carbocycles. The molecule has 2 rings (SSSR count). The molecule has 0 atom stereocenters. The van der Waals surface area contributed by atoms with Crippen LogP contribution in [0.4, 0.5) is 0 Å². The number of carboxylic acid groups (broad SMARTS) is 1. The molecule has 2 aromatic rings. The Morgan fingerprint density at radius 3 is 2.53 bits per heavy atom. The van der Waals surface area contributed by atoms with Gasteiger partial charge in [0.15, 0.2) is 11.5 Å².